The molecule has 0 aromatic heterocycles. The molecule has 1 aromatic rings. The molecular formula is C16H22O3. The molecule has 3 heteroatoms. The van der Waals surface area contributed by atoms with Gasteiger partial charge in [-0.1, -0.05) is 31.5 Å². The molecule has 0 amide bonds. The molecule has 0 unspecified atom stereocenters. The number of hydrogen-bond acceptors (Lipinski definition) is 3. The van der Waals surface area contributed by atoms with Crippen LogP contribution in [0.2, 0.25) is 0 Å². The third-order valence-electron chi connectivity index (χ3n) is 2.43. The topological polar surface area (TPSA) is 35.5 Å². The molecule has 0 spiro atoms. The molecule has 0 aliphatic heterocycles. The number of unbranched alkanes of at least 4 members (excludes halogenated alkanes) is 1. The first-order valence-electron chi connectivity index (χ1n) is 6.74. The highest BCUT2D eigenvalue weighted by atomic mass is 16.5. The molecule has 0 saturated carbocycles. The molecule has 0 saturated heterocycles. The zero-order valence-electron chi connectivity index (χ0n) is 11.9. The fraction of sp³-hybridized carbons (Fsp3) is 0.438. The molecule has 0 aliphatic carbocycles. The minimum absolute atomic E-state index is 0.104. The zero-order chi connectivity index (χ0) is 14.1. The maximum absolute atomic E-state index is 11.4. The summed E-state index contributed by atoms with van der Waals surface area (Å²) in [6.07, 6.45) is 5.17. The van der Waals surface area contributed by atoms with Gasteiger partial charge in [0, 0.05) is 11.6 Å². The summed E-state index contributed by atoms with van der Waals surface area (Å²) in [5.74, 6) is 0.461. The largest absolute Gasteiger partial charge is 0.493 e. The van der Waals surface area contributed by atoms with Gasteiger partial charge in [-0.05, 0) is 32.4 Å². The number of carbonyl (C=O) groups is 1. The fourth-order valence-corrected chi connectivity index (χ4v) is 1.51. The van der Waals surface area contributed by atoms with Crippen molar-refractivity contribution in [3.05, 3.63) is 35.9 Å². The quantitative estimate of drug-likeness (QED) is 0.425. The average Bonchev–Trinajstić information content (AvgIpc) is 2.37. The van der Waals surface area contributed by atoms with Crippen LogP contribution in [0.25, 0.3) is 6.08 Å². The van der Waals surface area contributed by atoms with Crippen molar-refractivity contribution in [2.45, 2.75) is 39.7 Å². The van der Waals surface area contributed by atoms with Gasteiger partial charge in [-0.2, -0.15) is 0 Å². The monoisotopic (exact) mass is 262 g/mol. The van der Waals surface area contributed by atoms with E-state index in [0.29, 0.717) is 6.61 Å². The first kappa shape index (κ1) is 15.3. The van der Waals surface area contributed by atoms with Gasteiger partial charge in [-0.15, -0.1) is 0 Å². The van der Waals surface area contributed by atoms with Crippen molar-refractivity contribution >= 4 is 12.0 Å². The van der Waals surface area contributed by atoms with Crippen molar-refractivity contribution in [3.63, 3.8) is 0 Å². The molecule has 19 heavy (non-hydrogen) atoms. The van der Waals surface area contributed by atoms with Gasteiger partial charge in [0.25, 0.3) is 0 Å². The molecule has 0 N–H and O–H groups in total. The summed E-state index contributed by atoms with van der Waals surface area (Å²) in [6.45, 7) is 6.47. The maximum Gasteiger partial charge on any atom is 0.331 e. The maximum atomic E-state index is 11.4. The van der Waals surface area contributed by atoms with E-state index in [1.165, 1.54) is 6.08 Å². The van der Waals surface area contributed by atoms with Gasteiger partial charge in [-0.3, -0.25) is 0 Å². The molecule has 1 rings (SSSR count). The lowest BCUT2D eigenvalue weighted by molar-refractivity contribution is -0.141. The fourth-order valence-electron chi connectivity index (χ4n) is 1.51. The summed E-state index contributed by atoms with van der Waals surface area (Å²) in [5.41, 5.74) is 0.888. The second kappa shape index (κ2) is 8.35. The normalized spacial score (nSPS) is 10.9. The van der Waals surface area contributed by atoms with E-state index in [2.05, 4.69) is 6.92 Å². The van der Waals surface area contributed by atoms with Gasteiger partial charge in [0.05, 0.1) is 12.7 Å². The first-order chi connectivity index (χ1) is 9.13. The number of ether oxygens (including phenoxy) is 2. The Morgan fingerprint density at radius 1 is 1.32 bits per heavy atom. The van der Waals surface area contributed by atoms with Crippen LogP contribution in [-0.2, 0) is 9.53 Å². The van der Waals surface area contributed by atoms with E-state index < -0.39 is 0 Å². The lowest BCUT2D eigenvalue weighted by Crippen LogP contribution is -2.08. The Morgan fingerprint density at radius 3 is 2.74 bits per heavy atom. The molecule has 0 heterocycles. The second-order valence-electron chi connectivity index (χ2n) is 4.56. The third kappa shape index (κ3) is 6.09. The van der Waals surface area contributed by atoms with Crippen LogP contribution in [0.3, 0.4) is 0 Å². The van der Waals surface area contributed by atoms with E-state index in [1.54, 1.807) is 6.08 Å². The van der Waals surface area contributed by atoms with Gasteiger partial charge < -0.3 is 9.47 Å². The highest BCUT2D eigenvalue weighted by Crippen LogP contribution is 2.19. The standard InChI is InChI=1S/C16H22O3/c1-4-5-12-18-15-9-7-6-8-14(15)10-11-16(17)19-13(2)3/h6-11,13H,4-5,12H2,1-3H3. The Hall–Kier alpha value is -1.77. The molecule has 0 radical (unpaired) electrons. The first-order valence-corrected chi connectivity index (χ1v) is 6.74. The van der Waals surface area contributed by atoms with Crippen LogP contribution < -0.4 is 4.74 Å². The molecule has 0 aliphatic rings. The predicted octanol–water partition coefficient (Wildman–Crippen LogP) is 3.83. The summed E-state index contributed by atoms with van der Waals surface area (Å²) in [6, 6.07) is 7.66. The van der Waals surface area contributed by atoms with E-state index >= 15 is 0 Å². The smallest absolute Gasteiger partial charge is 0.331 e. The highest BCUT2D eigenvalue weighted by Gasteiger charge is 2.03. The molecule has 0 atom stereocenters. The van der Waals surface area contributed by atoms with Crippen LogP contribution in [-0.4, -0.2) is 18.7 Å². The van der Waals surface area contributed by atoms with Crippen molar-refractivity contribution in [1.82, 2.24) is 0 Å². The lowest BCUT2D eigenvalue weighted by atomic mass is 10.2. The van der Waals surface area contributed by atoms with Gasteiger partial charge in [0.2, 0.25) is 0 Å². The summed E-state index contributed by atoms with van der Waals surface area (Å²) in [7, 11) is 0. The molecule has 3 nitrogen and oxygen atoms in total. The summed E-state index contributed by atoms with van der Waals surface area (Å²) in [4.78, 5) is 11.4. The SMILES string of the molecule is CCCCOc1ccccc1C=CC(=O)OC(C)C. The number of benzene rings is 1. The van der Waals surface area contributed by atoms with Crippen LogP contribution >= 0.6 is 0 Å². The predicted molar refractivity (Wildman–Crippen MR) is 77.1 cm³/mol. The van der Waals surface area contributed by atoms with Crippen LogP contribution in [0.1, 0.15) is 39.2 Å². The zero-order valence-corrected chi connectivity index (χ0v) is 11.9. The van der Waals surface area contributed by atoms with Crippen LogP contribution in [0.5, 0.6) is 5.75 Å². The van der Waals surface area contributed by atoms with Crippen LogP contribution in [0.15, 0.2) is 30.3 Å². The Bertz CT molecular complexity index is 422. The summed E-state index contributed by atoms with van der Waals surface area (Å²) in [5, 5.41) is 0. The Kier molecular flexibility index (Phi) is 6.72. The minimum atomic E-state index is -0.335. The second-order valence-corrected chi connectivity index (χ2v) is 4.56. The number of esters is 1. The van der Waals surface area contributed by atoms with E-state index in [4.69, 9.17) is 9.47 Å². The summed E-state index contributed by atoms with van der Waals surface area (Å²) < 4.78 is 10.7. The number of carbonyl (C=O) groups excluding carboxylic acids is 1. The number of para-hydroxylation sites is 1. The van der Waals surface area contributed by atoms with Gasteiger partial charge in [0.15, 0.2) is 0 Å². The number of hydrogen-bond donors (Lipinski definition) is 0. The van der Waals surface area contributed by atoms with Gasteiger partial charge in [0.1, 0.15) is 5.75 Å². The van der Waals surface area contributed by atoms with E-state index in [0.717, 1.165) is 24.2 Å². The minimum Gasteiger partial charge on any atom is -0.493 e. The van der Waals surface area contributed by atoms with Crippen LogP contribution in [0.4, 0.5) is 0 Å². The molecular weight excluding hydrogens is 240 g/mol. The van der Waals surface area contributed by atoms with Crippen molar-refractivity contribution in [3.8, 4) is 5.75 Å². The van der Waals surface area contributed by atoms with E-state index in [9.17, 15) is 4.79 Å². The van der Waals surface area contributed by atoms with Gasteiger partial charge in [-0.25, -0.2) is 4.79 Å². The van der Waals surface area contributed by atoms with E-state index in [1.807, 2.05) is 38.1 Å². The van der Waals surface area contributed by atoms with Crippen LogP contribution in [0, 0.1) is 0 Å². The highest BCUT2D eigenvalue weighted by molar-refractivity contribution is 5.87. The Balaban J connectivity index is 2.66. The molecule has 0 bridgehead atoms. The molecule has 104 valence electrons. The number of rotatable bonds is 7. The van der Waals surface area contributed by atoms with Crippen molar-refractivity contribution in [2.24, 2.45) is 0 Å². The van der Waals surface area contributed by atoms with Crippen molar-refractivity contribution in [1.29, 1.82) is 0 Å². The van der Waals surface area contributed by atoms with Gasteiger partial charge >= 0.3 is 5.97 Å². The van der Waals surface area contributed by atoms with Crippen molar-refractivity contribution < 1.29 is 14.3 Å². The Morgan fingerprint density at radius 2 is 2.05 bits per heavy atom. The Labute approximate surface area is 115 Å². The average molecular weight is 262 g/mol. The van der Waals surface area contributed by atoms with Crippen molar-refractivity contribution in [2.75, 3.05) is 6.61 Å². The van der Waals surface area contributed by atoms with E-state index in [-0.39, 0.29) is 12.1 Å². The molecule has 1 aromatic carbocycles. The molecule has 0 fully saturated rings. The summed E-state index contributed by atoms with van der Waals surface area (Å²) >= 11 is 0. The lowest BCUT2D eigenvalue weighted by Gasteiger charge is -2.08. The third-order valence-corrected chi connectivity index (χ3v) is 2.43.